The third-order valence-corrected chi connectivity index (χ3v) is 6.14. The molecule has 32 heavy (non-hydrogen) atoms. The van der Waals surface area contributed by atoms with Gasteiger partial charge in [-0.15, -0.1) is 0 Å². The van der Waals surface area contributed by atoms with E-state index in [2.05, 4.69) is 111 Å². The molecule has 166 valence electrons. The Kier molecular flexibility index (Phi) is 10.1. The van der Waals surface area contributed by atoms with E-state index in [1.807, 2.05) is 0 Å². The number of benzene rings is 3. The lowest BCUT2D eigenvalue weighted by atomic mass is 9.99. The lowest BCUT2D eigenvalue weighted by molar-refractivity contribution is 0.933. The van der Waals surface area contributed by atoms with Crippen molar-refractivity contribution in [2.45, 2.75) is 65.2 Å². The zero-order chi connectivity index (χ0) is 22.4. The summed E-state index contributed by atoms with van der Waals surface area (Å²) in [5.41, 5.74) is 8.57. The molecule has 0 saturated carbocycles. The van der Waals surface area contributed by atoms with Crippen LogP contribution in [0.2, 0.25) is 0 Å². The minimum atomic E-state index is 1.10. The summed E-state index contributed by atoms with van der Waals surface area (Å²) < 4.78 is 0. The highest BCUT2D eigenvalue weighted by atomic mass is 14.1. The summed E-state index contributed by atoms with van der Waals surface area (Å²) in [6.07, 6.45) is 17.7. The van der Waals surface area contributed by atoms with Gasteiger partial charge in [0.05, 0.1) is 0 Å². The van der Waals surface area contributed by atoms with E-state index in [0.717, 1.165) is 51.4 Å². The second kappa shape index (κ2) is 13.5. The van der Waals surface area contributed by atoms with E-state index >= 15 is 0 Å². The van der Waals surface area contributed by atoms with Crippen molar-refractivity contribution in [1.82, 2.24) is 0 Å². The van der Waals surface area contributed by atoms with Crippen LogP contribution in [0.5, 0.6) is 0 Å². The molecule has 0 radical (unpaired) electrons. The highest BCUT2D eigenvalue weighted by Crippen LogP contribution is 2.14. The van der Waals surface area contributed by atoms with E-state index < -0.39 is 0 Å². The Hall–Kier alpha value is -2.86. The van der Waals surface area contributed by atoms with E-state index in [0.29, 0.717) is 0 Å². The molecule has 0 amide bonds. The van der Waals surface area contributed by atoms with Crippen molar-refractivity contribution < 1.29 is 0 Å². The second-order valence-electron chi connectivity index (χ2n) is 8.66. The molecule has 0 spiro atoms. The van der Waals surface area contributed by atoms with Crippen LogP contribution in [0.15, 0.2) is 97.1 Å². The zero-order valence-electron chi connectivity index (χ0n) is 19.9. The summed E-state index contributed by atoms with van der Waals surface area (Å²) in [5.74, 6) is 0. The molecule has 0 saturated heterocycles. The molecule has 0 aliphatic rings. The number of aryl methyl sites for hydroxylation is 6. The van der Waals surface area contributed by atoms with Crippen LogP contribution >= 0.6 is 0 Å². The quantitative estimate of drug-likeness (QED) is 0.258. The minimum Gasteiger partial charge on any atom is -0.0917 e. The zero-order valence-corrected chi connectivity index (χ0v) is 19.9. The lowest BCUT2D eigenvalue weighted by Crippen LogP contribution is -1.95. The molecule has 0 aromatic heterocycles. The number of allylic oxidation sites excluding steroid dienone is 4. The molecule has 0 aliphatic heterocycles. The van der Waals surface area contributed by atoms with Crippen molar-refractivity contribution in [3.05, 3.63) is 130 Å². The number of hydrogen-bond acceptors (Lipinski definition) is 0. The fourth-order valence-corrected chi connectivity index (χ4v) is 4.03. The summed E-state index contributed by atoms with van der Waals surface area (Å²) >= 11 is 0. The first-order chi connectivity index (χ1) is 15.8. The molecule has 3 aromatic carbocycles. The maximum Gasteiger partial charge on any atom is -0.0238 e. The highest BCUT2D eigenvalue weighted by molar-refractivity contribution is 5.28. The van der Waals surface area contributed by atoms with Crippen LogP contribution in [0.3, 0.4) is 0 Å². The third-order valence-electron chi connectivity index (χ3n) is 6.14. The van der Waals surface area contributed by atoms with Crippen LogP contribution in [0.1, 0.15) is 60.1 Å². The van der Waals surface area contributed by atoms with Crippen molar-refractivity contribution in [3.8, 4) is 0 Å². The summed E-state index contributed by atoms with van der Waals surface area (Å²) in [6, 6.07) is 27.6. The third kappa shape index (κ3) is 8.35. The Morgan fingerprint density at radius 3 is 0.812 bits per heavy atom. The van der Waals surface area contributed by atoms with Gasteiger partial charge in [0.25, 0.3) is 0 Å². The fraction of sp³-hybridized carbons (Fsp3) is 0.312. The van der Waals surface area contributed by atoms with Gasteiger partial charge in [0.1, 0.15) is 0 Å². The average molecular weight is 423 g/mol. The number of hydrogen-bond donors (Lipinski definition) is 0. The Morgan fingerprint density at radius 1 is 0.375 bits per heavy atom. The first-order valence-corrected chi connectivity index (χ1v) is 12.2. The van der Waals surface area contributed by atoms with Gasteiger partial charge < -0.3 is 0 Å². The van der Waals surface area contributed by atoms with Crippen molar-refractivity contribution in [2.24, 2.45) is 0 Å². The highest BCUT2D eigenvalue weighted by Gasteiger charge is 2.00. The summed E-state index contributed by atoms with van der Waals surface area (Å²) in [4.78, 5) is 0. The molecule has 0 bridgehead atoms. The lowest BCUT2D eigenvalue weighted by Gasteiger charge is -2.07. The van der Waals surface area contributed by atoms with Crippen LogP contribution < -0.4 is 0 Å². The molecule has 3 rings (SSSR count). The van der Waals surface area contributed by atoms with Crippen molar-refractivity contribution in [2.75, 3.05) is 0 Å². The van der Waals surface area contributed by atoms with Crippen LogP contribution in [-0.2, 0) is 38.5 Å². The SMILES string of the molecule is C/C=C/CCc1ccc(CCc2ccc(CCc3ccc(CC/C=C/C)cc3)cc2)cc1. The van der Waals surface area contributed by atoms with Gasteiger partial charge in [-0.25, -0.2) is 0 Å². The van der Waals surface area contributed by atoms with E-state index in [1.165, 1.54) is 33.4 Å². The summed E-state index contributed by atoms with van der Waals surface area (Å²) in [6.45, 7) is 4.17. The maximum absolute atomic E-state index is 2.31. The van der Waals surface area contributed by atoms with Gasteiger partial charge in [-0.3, -0.25) is 0 Å². The maximum atomic E-state index is 2.31. The first-order valence-electron chi connectivity index (χ1n) is 12.2. The molecule has 0 atom stereocenters. The molecule has 0 unspecified atom stereocenters. The molecule has 0 heteroatoms. The fourth-order valence-electron chi connectivity index (χ4n) is 4.03. The predicted molar refractivity (Wildman–Crippen MR) is 140 cm³/mol. The van der Waals surface area contributed by atoms with Crippen molar-refractivity contribution in [3.63, 3.8) is 0 Å². The van der Waals surface area contributed by atoms with Crippen LogP contribution in [0.4, 0.5) is 0 Å². The van der Waals surface area contributed by atoms with Crippen molar-refractivity contribution >= 4 is 0 Å². The molecular weight excluding hydrogens is 384 g/mol. The van der Waals surface area contributed by atoms with Crippen molar-refractivity contribution in [1.29, 1.82) is 0 Å². The van der Waals surface area contributed by atoms with E-state index in [9.17, 15) is 0 Å². The van der Waals surface area contributed by atoms with Gasteiger partial charge in [0.15, 0.2) is 0 Å². The van der Waals surface area contributed by atoms with Gasteiger partial charge in [0.2, 0.25) is 0 Å². The molecular formula is C32H38. The Balaban J connectivity index is 1.42. The Bertz CT molecular complexity index is 872. The molecule has 0 aliphatic carbocycles. The first kappa shape index (κ1) is 23.8. The molecule has 0 fully saturated rings. The Labute approximate surface area is 195 Å². The monoisotopic (exact) mass is 422 g/mol. The normalized spacial score (nSPS) is 11.6. The van der Waals surface area contributed by atoms with Gasteiger partial charge >= 0.3 is 0 Å². The van der Waals surface area contributed by atoms with Gasteiger partial charge in [-0.1, -0.05) is 97.1 Å². The van der Waals surface area contributed by atoms with E-state index in [-0.39, 0.29) is 0 Å². The van der Waals surface area contributed by atoms with E-state index in [4.69, 9.17) is 0 Å². The summed E-state index contributed by atoms with van der Waals surface area (Å²) in [7, 11) is 0. The molecule has 0 N–H and O–H groups in total. The molecule has 0 heterocycles. The second-order valence-corrected chi connectivity index (χ2v) is 8.66. The predicted octanol–water partition coefficient (Wildman–Crippen LogP) is 8.27. The Morgan fingerprint density at radius 2 is 0.594 bits per heavy atom. The van der Waals surface area contributed by atoms with Crippen LogP contribution in [0.25, 0.3) is 0 Å². The topological polar surface area (TPSA) is 0 Å². The van der Waals surface area contributed by atoms with E-state index in [1.54, 1.807) is 0 Å². The minimum absolute atomic E-state index is 1.10. The average Bonchev–Trinajstić information content (AvgIpc) is 2.84. The van der Waals surface area contributed by atoms with Gasteiger partial charge in [-0.05, 0) is 98.6 Å². The number of rotatable bonds is 12. The largest absolute Gasteiger partial charge is 0.0917 e. The standard InChI is InChI=1S/C32H38/c1-3-5-7-9-27-11-15-29(16-12-27)19-21-31-23-25-32(26-24-31)22-20-30-17-13-28(14-18-30)10-8-6-4-2/h3-6,11-18,23-26H,7-10,19-22H2,1-2H3/b5-3+,6-4+. The van der Waals surface area contributed by atoms with Gasteiger partial charge in [-0.2, -0.15) is 0 Å². The molecule has 3 aromatic rings. The smallest absolute Gasteiger partial charge is 0.0238 e. The van der Waals surface area contributed by atoms with Crippen LogP contribution in [-0.4, -0.2) is 0 Å². The van der Waals surface area contributed by atoms with Gasteiger partial charge in [0, 0.05) is 0 Å². The molecule has 0 nitrogen and oxygen atoms in total. The van der Waals surface area contributed by atoms with Crippen LogP contribution in [0, 0.1) is 0 Å². The summed E-state index contributed by atoms with van der Waals surface area (Å²) in [5, 5.41) is 0.